The smallest absolute Gasteiger partial charge is 0.292 e. The molecule has 0 aliphatic carbocycles. The van der Waals surface area contributed by atoms with E-state index in [0.29, 0.717) is 18.0 Å². The van der Waals surface area contributed by atoms with E-state index in [9.17, 15) is 4.79 Å². The van der Waals surface area contributed by atoms with Gasteiger partial charge in [-0.2, -0.15) is 0 Å². The van der Waals surface area contributed by atoms with Crippen molar-refractivity contribution in [2.45, 2.75) is 12.5 Å². The van der Waals surface area contributed by atoms with Crippen molar-refractivity contribution in [2.24, 2.45) is 0 Å². The summed E-state index contributed by atoms with van der Waals surface area (Å²) in [7, 11) is 3.15. The van der Waals surface area contributed by atoms with E-state index in [-0.39, 0.29) is 11.7 Å². The van der Waals surface area contributed by atoms with Gasteiger partial charge >= 0.3 is 0 Å². The summed E-state index contributed by atoms with van der Waals surface area (Å²) in [5.41, 5.74) is 0.207. The SMILES string of the molecule is CCN1C(=O)/C(=C\c2ccc(OC)cc2OC)OC1S. The quantitative estimate of drug-likeness (QED) is 0.683. The van der Waals surface area contributed by atoms with Crippen molar-refractivity contribution in [3.05, 3.63) is 29.5 Å². The molecule has 1 aromatic rings. The summed E-state index contributed by atoms with van der Waals surface area (Å²) in [6.45, 7) is 2.42. The number of amides is 1. The first kappa shape index (κ1) is 14.6. The molecule has 0 bridgehead atoms. The van der Waals surface area contributed by atoms with E-state index in [1.54, 1.807) is 32.4 Å². The van der Waals surface area contributed by atoms with Gasteiger partial charge in [-0.3, -0.25) is 9.69 Å². The van der Waals surface area contributed by atoms with Crippen LogP contribution in [0.2, 0.25) is 0 Å². The fourth-order valence-corrected chi connectivity index (χ4v) is 2.33. The third-order valence-electron chi connectivity index (χ3n) is 3.04. The Labute approximate surface area is 123 Å². The Morgan fingerprint density at radius 2 is 2.15 bits per heavy atom. The maximum Gasteiger partial charge on any atom is 0.292 e. The summed E-state index contributed by atoms with van der Waals surface area (Å²) in [5.74, 6) is 1.38. The molecule has 5 nitrogen and oxygen atoms in total. The monoisotopic (exact) mass is 295 g/mol. The molecule has 1 amide bonds. The molecule has 1 atom stereocenters. The van der Waals surface area contributed by atoms with Gasteiger partial charge in [-0.1, -0.05) is 0 Å². The van der Waals surface area contributed by atoms with Gasteiger partial charge in [0.15, 0.2) is 5.76 Å². The number of benzene rings is 1. The number of carbonyl (C=O) groups excluding carboxylic acids is 1. The van der Waals surface area contributed by atoms with Gasteiger partial charge in [-0.25, -0.2) is 0 Å². The molecule has 1 saturated heterocycles. The van der Waals surface area contributed by atoms with Crippen LogP contribution in [0, 0.1) is 0 Å². The number of thiol groups is 1. The minimum Gasteiger partial charge on any atom is -0.497 e. The molecular weight excluding hydrogens is 278 g/mol. The summed E-state index contributed by atoms with van der Waals surface area (Å²) in [6, 6.07) is 5.36. The van der Waals surface area contributed by atoms with Crippen LogP contribution in [0.1, 0.15) is 12.5 Å². The lowest BCUT2D eigenvalue weighted by Crippen LogP contribution is -2.29. The van der Waals surface area contributed by atoms with Gasteiger partial charge in [0.1, 0.15) is 11.5 Å². The molecule has 1 aliphatic heterocycles. The second kappa shape index (κ2) is 6.09. The zero-order valence-corrected chi connectivity index (χ0v) is 12.5. The van der Waals surface area contributed by atoms with Crippen molar-refractivity contribution in [1.82, 2.24) is 4.90 Å². The molecule has 1 fully saturated rings. The summed E-state index contributed by atoms with van der Waals surface area (Å²) >= 11 is 4.22. The van der Waals surface area contributed by atoms with Crippen molar-refractivity contribution in [2.75, 3.05) is 20.8 Å². The zero-order valence-electron chi connectivity index (χ0n) is 11.6. The van der Waals surface area contributed by atoms with Crippen molar-refractivity contribution < 1.29 is 19.0 Å². The van der Waals surface area contributed by atoms with Crippen molar-refractivity contribution >= 4 is 24.6 Å². The predicted molar refractivity (Wildman–Crippen MR) is 78.8 cm³/mol. The van der Waals surface area contributed by atoms with E-state index >= 15 is 0 Å². The average molecular weight is 295 g/mol. The highest BCUT2D eigenvalue weighted by Crippen LogP contribution is 2.30. The van der Waals surface area contributed by atoms with E-state index in [4.69, 9.17) is 14.2 Å². The van der Waals surface area contributed by atoms with Gasteiger partial charge in [-0.05, 0) is 25.1 Å². The lowest BCUT2D eigenvalue weighted by molar-refractivity contribution is -0.124. The number of nitrogens with zero attached hydrogens (tertiary/aromatic N) is 1. The molecule has 108 valence electrons. The standard InChI is InChI=1S/C14H17NO4S/c1-4-15-13(16)12(19-14(15)20)7-9-5-6-10(17-2)8-11(9)18-3/h5-8,14,20H,4H2,1-3H3/b12-7+. The minimum absolute atomic E-state index is 0.176. The number of hydrogen-bond acceptors (Lipinski definition) is 5. The first-order valence-electron chi connectivity index (χ1n) is 6.20. The molecule has 0 N–H and O–H groups in total. The summed E-state index contributed by atoms with van der Waals surface area (Å²) in [5, 5.41) is 0. The molecule has 0 saturated carbocycles. The van der Waals surface area contributed by atoms with Crippen LogP contribution in [-0.2, 0) is 9.53 Å². The second-order valence-electron chi connectivity index (χ2n) is 4.15. The molecule has 0 aromatic heterocycles. The molecule has 0 radical (unpaired) electrons. The van der Waals surface area contributed by atoms with E-state index in [1.165, 1.54) is 4.90 Å². The van der Waals surface area contributed by atoms with Crippen molar-refractivity contribution in [1.29, 1.82) is 0 Å². The Balaban J connectivity index is 2.34. The topological polar surface area (TPSA) is 48.0 Å². The van der Waals surface area contributed by atoms with Gasteiger partial charge in [0.2, 0.25) is 5.56 Å². The Morgan fingerprint density at radius 1 is 1.40 bits per heavy atom. The van der Waals surface area contributed by atoms with Gasteiger partial charge in [0, 0.05) is 18.2 Å². The van der Waals surface area contributed by atoms with Crippen molar-refractivity contribution in [3.8, 4) is 11.5 Å². The second-order valence-corrected chi connectivity index (χ2v) is 4.59. The fraction of sp³-hybridized carbons (Fsp3) is 0.357. The van der Waals surface area contributed by atoms with Crippen LogP contribution in [0.3, 0.4) is 0 Å². The summed E-state index contributed by atoms with van der Waals surface area (Å²) < 4.78 is 15.9. The van der Waals surface area contributed by atoms with Gasteiger partial charge in [-0.15, -0.1) is 12.6 Å². The third kappa shape index (κ3) is 2.70. The Hall–Kier alpha value is -1.82. The number of carbonyl (C=O) groups is 1. The predicted octanol–water partition coefficient (Wildman–Crippen LogP) is 2.14. The fourth-order valence-electron chi connectivity index (χ4n) is 1.94. The van der Waals surface area contributed by atoms with E-state index in [2.05, 4.69) is 12.6 Å². The molecule has 1 unspecified atom stereocenters. The molecule has 1 heterocycles. The number of ether oxygens (including phenoxy) is 3. The maximum atomic E-state index is 12.1. The molecule has 6 heteroatoms. The van der Waals surface area contributed by atoms with Crippen LogP contribution in [0.25, 0.3) is 6.08 Å². The van der Waals surface area contributed by atoms with Crippen LogP contribution in [0.5, 0.6) is 11.5 Å². The Bertz CT molecular complexity index is 544. The van der Waals surface area contributed by atoms with Crippen LogP contribution in [-0.4, -0.2) is 37.1 Å². The first-order valence-corrected chi connectivity index (χ1v) is 6.71. The average Bonchev–Trinajstić information content (AvgIpc) is 2.73. The minimum atomic E-state index is -0.539. The highest BCUT2D eigenvalue weighted by atomic mass is 32.1. The third-order valence-corrected chi connectivity index (χ3v) is 3.42. The molecular formula is C14H17NO4S. The molecule has 2 rings (SSSR count). The Morgan fingerprint density at radius 3 is 2.70 bits per heavy atom. The largest absolute Gasteiger partial charge is 0.497 e. The molecule has 20 heavy (non-hydrogen) atoms. The van der Waals surface area contributed by atoms with Crippen LogP contribution in [0.4, 0.5) is 0 Å². The summed E-state index contributed by atoms with van der Waals surface area (Å²) in [4.78, 5) is 13.6. The van der Waals surface area contributed by atoms with Crippen LogP contribution < -0.4 is 9.47 Å². The highest BCUT2D eigenvalue weighted by Gasteiger charge is 2.33. The van der Waals surface area contributed by atoms with E-state index in [1.807, 2.05) is 13.0 Å². The van der Waals surface area contributed by atoms with Gasteiger partial charge in [0.05, 0.1) is 14.2 Å². The van der Waals surface area contributed by atoms with Gasteiger partial charge < -0.3 is 14.2 Å². The highest BCUT2D eigenvalue weighted by molar-refractivity contribution is 7.80. The first-order chi connectivity index (χ1) is 9.60. The van der Waals surface area contributed by atoms with Gasteiger partial charge in [0.25, 0.3) is 5.91 Å². The number of rotatable bonds is 4. The number of likely N-dealkylation sites (N-methyl/N-ethyl adjacent to an activating group) is 1. The molecule has 1 aliphatic rings. The van der Waals surface area contributed by atoms with Crippen molar-refractivity contribution in [3.63, 3.8) is 0 Å². The lowest BCUT2D eigenvalue weighted by Gasteiger charge is -2.14. The van der Waals surface area contributed by atoms with Crippen LogP contribution in [0.15, 0.2) is 24.0 Å². The number of methoxy groups -OCH3 is 2. The molecule has 0 spiro atoms. The molecule has 1 aromatic carbocycles. The normalized spacial score (nSPS) is 20.2. The van der Waals surface area contributed by atoms with E-state index in [0.717, 1.165) is 5.56 Å². The summed E-state index contributed by atoms with van der Waals surface area (Å²) in [6.07, 6.45) is 1.65. The Kier molecular flexibility index (Phi) is 4.44. The number of hydrogen-bond donors (Lipinski definition) is 1. The van der Waals surface area contributed by atoms with Crippen LogP contribution >= 0.6 is 12.6 Å². The maximum absolute atomic E-state index is 12.1. The zero-order chi connectivity index (χ0) is 14.7. The van der Waals surface area contributed by atoms with E-state index < -0.39 is 5.56 Å². The lowest BCUT2D eigenvalue weighted by atomic mass is 10.1.